The molecule has 1 saturated carbocycles. The molecule has 1 aliphatic rings. The number of ether oxygens (including phenoxy) is 1. The van der Waals surface area contributed by atoms with Crippen molar-refractivity contribution in [1.29, 1.82) is 0 Å². The predicted molar refractivity (Wildman–Crippen MR) is 154 cm³/mol. The summed E-state index contributed by atoms with van der Waals surface area (Å²) in [7, 11) is -3.76. The Morgan fingerprint density at radius 2 is 1.77 bits per heavy atom. The number of sulfone groups is 1. The van der Waals surface area contributed by atoms with Crippen LogP contribution in [0.4, 0.5) is 9.59 Å². The molecule has 10 nitrogen and oxygen atoms in total. The molecule has 1 fully saturated rings. The van der Waals surface area contributed by atoms with Gasteiger partial charge in [-0.05, 0) is 73.4 Å². The number of halogens is 1. The van der Waals surface area contributed by atoms with Crippen molar-refractivity contribution in [2.24, 2.45) is 5.92 Å². The van der Waals surface area contributed by atoms with E-state index in [9.17, 15) is 27.9 Å². The second kappa shape index (κ2) is 15.2. The first-order valence-corrected chi connectivity index (χ1v) is 16.2. The Balaban J connectivity index is 1.71. The monoisotopic (exact) mass is 611 g/mol. The SMILES string of the molecule is CSCCC(NC(=O)OCc1ccccc1)C(=O)N[C@H]1CC[C@@H](NC(=O)O)C[C@H]1CS(=O)(=O)c1ccc(Cl)cc1. The van der Waals surface area contributed by atoms with Crippen molar-refractivity contribution in [3.8, 4) is 0 Å². The minimum absolute atomic E-state index is 0.0504. The number of amides is 3. The summed E-state index contributed by atoms with van der Waals surface area (Å²) < 4.78 is 31.7. The van der Waals surface area contributed by atoms with Crippen LogP contribution in [0.15, 0.2) is 59.5 Å². The van der Waals surface area contributed by atoms with Crippen molar-refractivity contribution < 1.29 is 32.6 Å². The van der Waals surface area contributed by atoms with Gasteiger partial charge >= 0.3 is 12.2 Å². The second-order valence-electron chi connectivity index (χ2n) is 9.61. The summed E-state index contributed by atoms with van der Waals surface area (Å²) in [6, 6.07) is 13.1. The van der Waals surface area contributed by atoms with Crippen molar-refractivity contribution in [3.05, 3.63) is 65.2 Å². The standard InChI is InChI=1S/C27H34ClN3O7S2/c1-39-14-13-24(31-27(35)38-16-18-5-3-2-4-6-18)25(32)30-23-12-9-21(29-26(33)34)15-19(23)17-40(36,37)22-10-7-20(28)8-11-22/h2-8,10-11,19,21,23-24,29H,9,12-17H2,1H3,(H,30,32)(H,31,35)(H,33,34)/t19-,21+,23-,24?/m0/s1. The maximum absolute atomic E-state index is 13.3. The summed E-state index contributed by atoms with van der Waals surface area (Å²) in [4.78, 5) is 37.2. The van der Waals surface area contributed by atoms with Gasteiger partial charge in [-0.3, -0.25) is 4.79 Å². The van der Waals surface area contributed by atoms with E-state index in [2.05, 4.69) is 16.0 Å². The van der Waals surface area contributed by atoms with Crippen molar-refractivity contribution in [2.75, 3.05) is 17.8 Å². The number of thioether (sulfide) groups is 1. The average Bonchev–Trinajstić information content (AvgIpc) is 2.91. The van der Waals surface area contributed by atoms with Crippen LogP contribution in [0.5, 0.6) is 0 Å². The number of carbonyl (C=O) groups excluding carboxylic acids is 2. The number of benzene rings is 2. The molecule has 2 aromatic rings. The molecule has 4 atom stereocenters. The molecule has 2 aromatic carbocycles. The highest BCUT2D eigenvalue weighted by molar-refractivity contribution is 7.98. The first kappa shape index (κ1) is 31.6. The molecular formula is C27H34ClN3O7S2. The third-order valence-electron chi connectivity index (χ3n) is 6.68. The highest BCUT2D eigenvalue weighted by atomic mass is 35.5. The van der Waals surface area contributed by atoms with Crippen LogP contribution in [0, 0.1) is 5.92 Å². The molecule has 3 amide bonds. The minimum atomic E-state index is -3.76. The third kappa shape index (κ3) is 9.90. The first-order chi connectivity index (χ1) is 19.1. The number of alkyl carbamates (subject to hydrolysis) is 1. The van der Waals surface area contributed by atoms with Crippen LogP contribution < -0.4 is 16.0 Å². The fourth-order valence-electron chi connectivity index (χ4n) is 4.66. The van der Waals surface area contributed by atoms with Crippen LogP contribution in [-0.2, 0) is 26.0 Å². The topological polar surface area (TPSA) is 151 Å². The van der Waals surface area contributed by atoms with Gasteiger partial charge < -0.3 is 25.8 Å². The molecule has 0 heterocycles. The normalized spacial score (nSPS) is 19.7. The molecule has 0 bridgehead atoms. The van der Waals surface area contributed by atoms with Gasteiger partial charge in [0, 0.05) is 17.1 Å². The molecule has 0 aromatic heterocycles. The van der Waals surface area contributed by atoms with E-state index >= 15 is 0 Å². The van der Waals surface area contributed by atoms with E-state index in [4.69, 9.17) is 16.3 Å². The number of hydrogen-bond donors (Lipinski definition) is 4. The van der Waals surface area contributed by atoms with E-state index in [0.29, 0.717) is 30.0 Å². The lowest BCUT2D eigenvalue weighted by Crippen LogP contribution is -2.55. The number of carbonyl (C=O) groups is 3. The van der Waals surface area contributed by atoms with E-state index in [1.54, 1.807) is 0 Å². The molecule has 13 heteroatoms. The van der Waals surface area contributed by atoms with Gasteiger partial charge in [0.1, 0.15) is 12.6 Å². The van der Waals surface area contributed by atoms with Crippen LogP contribution in [0.2, 0.25) is 5.02 Å². The zero-order valence-electron chi connectivity index (χ0n) is 22.0. The molecular weight excluding hydrogens is 578 g/mol. The Labute approximate surface area is 243 Å². The van der Waals surface area contributed by atoms with Crippen molar-refractivity contribution in [2.45, 2.75) is 55.3 Å². The molecule has 1 unspecified atom stereocenters. The maximum atomic E-state index is 13.3. The van der Waals surface area contributed by atoms with Gasteiger partial charge in [-0.1, -0.05) is 41.9 Å². The molecule has 0 radical (unpaired) electrons. The van der Waals surface area contributed by atoms with E-state index in [0.717, 1.165) is 5.56 Å². The summed E-state index contributed by atoms with van der Waals surface area (Å²) in [5.41, 5.74) is 0.805. The third-order valence-corrected chi connectivity index (χ3v) is 9.43. The predicted octanol–water partition coefficient (Wildman–Crippen LogP) is 4.08. The quantitative estimate of drug-likeness (QED) is 0.280. The average molecular weight is 612 g/mol. The van der Waals surface area contributed by atoms with Crippen molar-refractivity contribution in [1.82, 2.24) is 16.0 Å². The van der Waals surface area contributed by atoms with E-state index in [1.807, 2.05) is 36.6 Å². The summed E-state index contributed by atoms with van der Waals surface area (Å²) in [6.45, 7) is 0.0504. The zero-order valence-corrected chi connectivity index (χ0v) is 24.4. The summed E-state index contributed by atoms with van der Waals surface area (Å²) >= 11 is 7.43. The molecule has 3 rings (SSSR count). The Morgan fingerprint density at radius 3 is 2.42 bits per heavy atom. The molecule has 0 aliphatic heterocycles. The smallest absolute Gasteiger partial charge is 0.408 e. The molecule has 1 aliphatic carbocycles. The van der Waals surface area contributed by atoms with E-state index < -0.39 is 52.0 Å². The van der Waals surface area contributed by atoms with Crippen molar-refractivity contribution >= 4 is 51.3 Å². The van der Waals surface area contributed by atoms with Gasteiger partial charge in [0.2, 0.25) is 5.91 Å². The Bertz CT molecular complexity index is 1250. The van der Waals surface area contributed by atoms with Gasteiger partial charge in [0.05, 0.1) is 10.6 Å². The lowest BCUT2D eigenvalue weighted by atomic mass is 9.82. The van der Waals surface area contributed by atoms with Crippen LogP contribution in [0.3, 0.4) is 0 Å². The lowest BCUT2D eigenvalue weighted by Gasteiger charge is -2.37. The second-order valence-corrected chi connectivity index (χ2v) is 13.1. The highest BCUT2D eigenvalue weighted by Crippen LogP contribution is 2.29. The highest BCUT2D eigenvalue weighted by Gasteiger charge is 2.37. The van der Waals surface area contributed by atoms with Crippen LogP contribution in [0.1, 0.15) is 31.2 Å². The van der Waals surface area contributed by atoms with Crippen LogP contribution in [-0.4, -0.2) is 67.5 Å². The van der Waals surface area contributed by atoms with Crippen LogP contribution in [0.25, 0.3) is 0 Å². The number of nitrogens with one attached hydrogen (secondary N) is 3. The summed E-state index contributed by atoms with van der Waals surface area (Å²) in [5, 5.41) is 17.6. The molecule has 40 heavy (non-hydrogen) atoms. The Hall–Kier alpha value is -2.96. The largest absolute Gasteiger partial charge is 0.465 e. The van der Waals surface area contributed by atoms with Gasteiger partial charge in [-0.2, -0.15) is 11.8 Å². The fraction of sp³-hybridized carbons (Fsp3) is 0.444. The Morgan fingerprint density at radius 1 is 1.07 bits per heavy atom. The first-order valence-electron chi connectivity index (χ1n) is 12.8. The van der Waals surface area contributed by atoms with Gasteiger partial charge in [0.25, 0.3) is 0 Å². The van der Waals surface area contributed by atoms with Gasteiger partial charge in [0.15, 0.2) is 9.84 Å². The molecule has 4 N–H and O–H groups in total. The molecule has 218 valence electrons. The van der Waals surface area contributed by atoms with Crippen molar-refractivity contribution in [3.63, 3.8) is 0 Å². The van der Waals surface area contributed by atoms with E-state index in [-0.39, 0.29) is 23.7 Å². The number of carboxylic acid groups (broad SMARTS) is 1. The molecule has 0 spiro atoms. The van der Waals surface area contributed by atoms with E-state index in [1.165, 1.54) is 36.0 Å². The zero-order chi connectivity index (χ0) is 29.1. The number of hydrogen-bond acceptors (Lipinski definition) is 7. The maximum Gasteiger partial charge on any atom is 0.408 e. The molecule has 0 saturated heterocycles. The lowest BCUT2D eigenvalue weighted by molar-refractivity contribution is -0.124. The van der Waals surface area contributed by atoms with Crippen LogP contribution >= 0.6 is 23.4 Å². The van der Waals surface area contributed by atoms with Gasteiger partial charge in [-0.25, -0.2) is 18.0 Å². The Kier molecular flexibility index (Phi) is 12.0. The minimum Gasteiger partial charge on any atom is -0.465 e. The summed E-state index contributed by atoms with van der Waals surface area (Å²) in [5.74, 6) is -0.712. The fourth-order valence-corrected chi connectivity index (χ4v) is 6.93. The number of rotatable bonds is 12. The summed E-state index contributed by atoms with van der Waals surface area (Å²) in [6.07, 6.45) is 1.32. The van der Waals surface area contributed by atoms with Gasteiger partial charge in [-0.15, -0.1) is 0 Å².